The summed E-state index contributed by atoms with van der Waals surface area (Å²) in [6.07, 6.45) is 12.5. The van der Waals surface area contributed by atoms with Crippen molar-refractivity contribution < 1.29 is 0 Å². The Morgan fingerprint density at radius 3 is 2.17 bits per heavy atom. The van der Waals surface area contributed by atoms with Crippen LogP contribution in [-0.2, 0) is 0 Å². The number of nitrogens with zero attached hydrogens (tertiary/aromatic N) is 1. The molecular weight excluding hydrogens is 292 g/mol. The summed E-state index contributed by atoms with van der Waals surface area (Å²) in [4.78, 5) is 0. The first-order valence-corrected chi connectivity index (χ1v) is 9.19. The Morgan fingerprint density at radius 2 is 1.46 bits per heavy atom. The highest BCUT2D eigenvalue weighted by Crippen LogP contribution is 2.16. The number of unbranched alkanes of at least 4 members (excludes halogenated alkanes) is 5. The number of hydrogen-bond acceptors (Lipinski definition) is 2. The van der Waals surface area contributed by atoms with Crippen LogP contribution >= 0.6 is 0 Å². The fourth-order valence-corrected chi connectivity index (χ4v) is 2.66. The van der Waals surface area contributed by atoms with E-state index >= 15 is 0 Å². The molecule has 2 heteroatoms. The molecule has 0 saturated carbocycles. The molecule has 0 saturated heterocycles. The molecule has 0 radical (unpaired) electrons. The standard InChI is InChI=1S/C22H30N2/c1-2-3-4-5-6-7-8-15-20-24(22-18-13-10-14-19-22)23-21-16-11-9-12-17-21/h8-19,23H,2-7,20H2,1H3/b15-8+. The summed E-state index contributed by atoms with van der Waals surface area (Å²) in [5, 5.41) is 2.18. The summed E-state index contributed by atoms with van der Waals surface area (Å²) in [5.41, 5.74) is 5.78. The first kappa shape index (κ1) is 18.1. The van der Waals surface area contributed by atoms with Crippen molar-refractivity contribution in [3.63, 3.8) is 0 Å². The Balaban J connectivity index is 1.85. The minimum absolute atomic E-state index is 0.855. The predicted octanol–water partition coefficient (Wildman–Crippen LogP) is 6.44. The molecule has 0 aliphatic heterocycles. The largest absolute Gasteiger partial charge is 0.298 e. The fourth-order valence-electron chi connectivity index (χ4n) is 2.66. The monoisotopic (exact) mass is 322 g/mol. The summed E-state index contributed by atoms with van der Waals surface area (Å²) in [5.74, 6) is 0. The average Bonchev–Trinajstić information content (AvgIpc) is 2.64. The van der Waals surface area contributed by atoms with Gasteiger partial charge in [-0.25, -0.2) is 0 Å². The number of anilines is 2. The Labute approximate surface area is 147 Å². The van der Waals surface area contributed by atoms with E-state index < -0.39 is 0 Å². The van der Waals surface area contributed by atoms with Gasteiger partial charge in [-0.1, -0.05) is 81.2 Å². The van der Waals surface area contributed by atoms with Crippen molar-refractivity contribution in [3.8, 4) is 0 Å². The van der Waals surface area contributed by atoms with Crippen molar-refractivity contribution >= 4 is 11.4 Å². The van der Waals surface area contributed by atoms with Gasteiger partial charge in [0, 0.05) is 0 Å². The highest BCUT2D eigenvalue weighted by atomic mass is 15.5. The first-order valence-electron chi connectivity index (χ1n) is 9.19. The number of rotatable bonds is 11. The number of hydrazine groups is 1. The van der Waals surface area contributed by atoms with Gasteiger partial charge in [-0.3, -0.25) is 10.4 Å². The van der Waals surface area contributed by atoms with Gasteiger partial charge in [0.1, 0.15) is 0 Å². The minimum Gasteiger partial charge on any atom is -0.298 e. The van der Waals surface area contributed by atoms with Gasteiger partial charge in [0.25, 0.3) is 0 Å². The zero-order valence-electron chi connectivity index (χ0n) is 14.8. The van der Waals surface area contributed by atoms with Crippen molar-refractivity contribution in [1.29, 1.82) is 0 Å². The SMILES string of the molecule is CCCCCCC/C=C/CN(Nc1ccccc1)c1ccccc1. The maximum Gasteiger partial charge on any atom is 0.0575 e. The molecule has 2 aromatic rings. The minimum atomic E-state index is 0.855. The topological polar surface area (TPSA) is 15.3 Å². The molecule has 0 aliphatic carbocycles. The number of nitrogens with one attached hydrogen (secondary N) is 1. The van der Waals surface area contributed by atoms with Crippen LogP contribution in [0.3, 0.4) is 0 Å². The third-order valence-corrected chi connectivity index (χ3v) is 4.03. The molecule has 0 unspecified atom stereocenters. The lowest BCUT2D eigenvalue weighted by molar-refractivity contribution is 0.637. The van der Waals surface area contributed by atoms with E-state index in [-0.39, 0.29) is 0 Å². The lowest BCUT2D eigenvalue weighted by Gasteiger charge is -2.25. The molecule has 2 nitrogen and oxygen atoms in total. The summed E-state index contributed by atoms with van der Waals surface area (Å²) in [6, 6.07) is 20.8. The third kappa shape index (κ3) is 6.91. The van der Waals surface area contributed by atoms with Crippen molar-refractivity contribution in [3.05, 3.63) is 72.8 Å². The number of allylic oxidation sites excluding steroid dienone is 1. The summed E-state index contributed by atoms with van der Waals surface area (Å²) >= 11 is 0. The van der Waals surface area contributed by atoms with Crippen molar-refractivity contribution in [2.45, 2.75) is 45.4 Å². The lowest BCUT2D eigenvalue weighted by atomic mass is 10.1. The van der Waals surface area contributed by atoms with Crippen LogP contribution in [0.5, 0.6) is 0 Å². The van der Waals surface area contributed by atoms with Crippen LogP contribution in [0.25, 0.3) is 0 Å². The lowest BCUT2D eigenvalue weighted by Crippen LogP contribution is -2.29. The normalized spacial score (nSPS) is 10.9. The van der Waals surface area contributed by atoms with Gasteiger partial charge in [0.05, 0.1) is 17.9 Å². The Morgan fingerprint density at radius 1 is 0.792 bits per heavy atom. The predicted molar refractivity (Wildman–Crippen MR) is 106 cm³/mol. The van der Waals surface area contributed by atoms with Gasteiger partial charge in [-0.2, -0.15) is 0 Å². The van der Waals surface area contributed by atoms with E-state index in [0.29, 0.717) is 0 Å². The second-order valence-electron chi connectivity index (χ2n) is 6.10. The summed E-state index contributed by atoms with van der Waals surface area (Å²) in [6.45, 7) is 3.12. The smallest absolute Gasteiger partial charge is 0.0575 e. The average molecular weight is 322 g/mol. The molecule has 0 amide bonds. The Bertz CT molecular complexity index is 563. The molecule has 24 heavy (non-hydrogen) atoms. The highest BCUT2D eigenvalue weighted by molar-refractivity contribution is 5.55. The molecule has 0 bridgehead atoms. The van der Waals surface area contributed by atoms with Crippen LogP contribution in [0.1, 0.15) is 45.4 Å². The molecule has 0 aliphatic rings. The molecule has 0 spiro atoms. The van der Waals surface area contributed by atoms with Crippen LogP contribution in [-0.4, -0.2) is 6.54 Å². The van der Waals surface area contributed by atoms with Crippen LogP contribution in [0.15, 0.2) is 72.8 Å². The van der Waals surface area contributed by atoms with Crippen LogP contribution in [0.2, 0.25) is 0 Å². The number of hydrogen-bond donors (Lipinski definition) is 1. The second kappa shape index (κ2) is 11.3. The molecular formula is C22H30N2. The molecule has 0 aromatic heterocycles. The van der Waals surface area contributed by atoms with Crippen LogP contribution < -0.4 is 10.4 Å². The van der Waals surface area contributed by atoms with E-state index in [4.69, 9.17) is 0 Å². The first-order chi connectivity index (χ1) is 11.9. The van der Waals surface area contributed by atoms with E-state index in [0.717, 1.165) is 12.2 Å². The van der Waals surface area contributed by atoms with Gasteiger partial charge in [-0.15, -0.1) is 0 Å². The molecule has 128 valence electrons. The molecule has 2 aromatic carbocycles. The van der Waals surface area contributed by atoms with Gasteiger partial charge >= 0.3 is 0 Å². The van der Waals surface area contributed by atoms with Crippen LogP contribution in [0, 0.1) is 0 Å². The van der Waals surface area contributed by atoms with E-state index in [1.165, 1.54) is 44.2 Å². The zero-order chi connectivity index (χ0) is 16.9. The molecule has 0 atom stereocenters. The summed E-state index contributed by atoms with van der Waals surface area (Å²) in [7, 11) is 0. The van der Waals surface area contributed by atoms with Gasteiger partial charge in [-0.05, 0) is 37.1 Å². The van der Waals surface area contributed by atoms with Crippen LogP contribution in [0.4, 0.5) is 11.4 Å². The number of para-hydroxylation sites is 2. The van der Waals surface area contributed by atoms with E-state index in [1.54, 1.807) is 0 Å². The van der Waals surface area contributed by atoms with Crippen molar-refractivity contribution in [2.75, 3.05) is 17.0 Å². The van der Waals surface area contributed by atoms with E-state index in [9.17, 15) is 0 Å². The number of benzene rings is 2. The molecule has 0 heterocycles. The van der Waals surface area contributed by atoms with E-state index in [1.807, 2.05) is 6.07 Å². The third-order valence-electron chi connectivity index (χ3n) is 4.03. The molecule has 0 fully saturated rings. The molecule has 1 N–H and O–H groups in total. The Kier molecular flexibility index (Phi) is 8.56. The van der Waals surface area contributed by atoms with Gasteiger partial charge < -0.3 is 0 Å². The maximum atomic E-state index is 3.50. The quantitative estimate of drug-likeness (QED) is 0.291. The van der Waals surface area contributed by atoms with Crippen molar-refractivity contribution in [1.82, 2.24) is 0 Å². The van der Waals surface area contributed by atoms with Gasteiger partial charge in [0.15, 0.2) is 0 Å². The highest BCUT2D eigenvalue weighted by Gasteiger charge is 2.03. The summed E-state index contributed by atoms with van der Waals surface area (Å²) < 4.78 is 0. The Hall–Kier alpha value is -2.22. The fraction of sp³-hybridized carbons (Fsp3) is 0.364. The second-order valence-corrected chi connectivity index (χ2v) is 6.10. The maximum absolute atomic E-state index is 3.50. The molecule has 2 rings (SSSR count). The van der Waals surface area contributed by atoms with Crippen molar-refractivity contribution in [2.24, 2.45) is 0 Å². The van der Waals surface area contributed by atoms with Gasteiger partial charge in [0.2, 0.25) is 0 Å². The van der Waals surface area contributed by atoms with E-state index in [2.05, 4.69) is 84.1 Å². The zero-order valence-corrected chi connectivity index (χ0v) is 14.8.